The van der Waals surface area contributed by atoms with Gasteiger partial charge >= 0.3 is 5.97 Å². The zero-order valence-corrected chi connectivity index (χ0v) is 11.4. The van der Waals surface area contributed by atoms with Gasteiger partial charge in [-0.15, -0.1) is 0 Å². The highest BCUT2D eigenvalue weighted by Crippen LogP contribution is 2.25. The molecule has 0 amide bonds. The minimum absolute atomic E-state index is 0.0156. The molecule has 108 valence electrons. The minimum atomic E-state index is -0.892. The second-order valence-corrected chi connectivity index (χ2v) is 4.76. The molecule has 0 atom stereocenters. The minimum Gasteiger partial charge on any atom is -0.492 e. The molecule has 0 aliphatic rings. The molecular formula is C13H15NO6. The van der Waals surface area contributed by atoms with Gasteiger partial charge < -0.3 is 9.47 Å². The van der Waals surface area contributed by atoms with Gasteiger partial charge in [0.15, 0.2) is 6.29 Å². The molecule has 0 unspecified atom stereocenters. The second kappa shape index (κ2) is 6.14. The summed E-state index contributed by atoms with van der Waals surface area (Å²) in [7, 11) is 1.27. The maximum absolute atomic E-state index is 11.5. The smallest absolute Gasteiger partial charge is 0.314 e. The Morgan fingerprint density at radius 1 is 1.45 bits per heavy atom. The molecule has 0 heterocycles. The van der Waals surface area contributed by atoms with Crippen molar-refractivity contribution in [2.24, 2.45) is 5.41 Å². The number of hydrogen-bond donors (Lipinski definition) is 0. The van der Waals surface area contributed by atoms with Crippen LogP contribution < -0.4 is 4.74 Å². The summed E-state index contributed by atoms with van der Waals surface area (Å²) in [5, 5.41) is 10.6. The number of aldehydes is 1. The van der Waals surface area contributed by atoms with Crippen LogP contribution in [0.25, 0.3) is 0 Å². The lowest BCUT2D eigenvalue weighted by atomic mass is 9.95. The zero-order chi connectivity index (χ0) is 15.3. The van der Waals surface area contributed by atoms with E-state index in [-0.39, 0.29) is 23.6 Å². The van der Waals surface area contributed by atoms with Crippen LogP contribution in [-0.2, 0) is 9.53 Å². The van der Waals surface area contributed by atoms with Crippen molar-refractivity contribution in [3.63, 3.8) is 0 Å². The summed E-state index contributed by atoms with van der Waals surface area (Å²) in [6.07, 6.45) is 0.466. The fourth-order valence-electron chi connectivity index (χ4n) is 1.47. The number of nitro benzene ring substituents is 1. The van der Waals surface area contributed by atoms with E-state index >= 15 is 0 Å². The highest BCUT2D eigenvalue weighted by Gasteiger charge is 2.30. The third kappa shape index (κ3) is 3.53. The van der Waals surface area contributed by atoms with E-state index in [0.29, 0.717) is 6.29 Å². The summed E-state index contributed by atoms with van der Waals surface area (Å²) in [6, 6.07) is 3.68. The van der Waals surface area contributed by atoms with E-state index in [4.69, 9.17) is 4.74 Å². The monoisotopic (exact) mass is 281 g/mol. The first kappa shape index (κ1) is 15.6. The molecule has 0 fully saturated rings. The van der Waals surface area contributed by atoms with E-state index in [1.54, 1.807) is 13.8 Å². The van der Waals surface area contributed by atoms with Gasteiger partial charge in [0, 0.05) is 12.1 Å². The molecule has 0 saturated carbocycles. The summed E-state index contributed by atoms with van der Waals surface area (Å²) >= 11 is 0. The number of methoxy groups -OCH3 is 1. The number of rotatable bonds is 6. The second-order valence-electron chi connectivity index (χ2n) is 4.76. The summed E-state index contributed by atoms with van der Waals surface area (Å²) in [6.45, 7) is 3.24. The number of nitro groups is 1. The SMILES string of the molecule is COC(=O)C(C)(C)COc1ccc([N+](=O)[O-])cc1C=O. The van der Waals surface area contributed by atoms with E-state index in [1.807, 2.05) is 0 Å². The first-order valence-electron chi connectivity index (χ1n) is 5.76. The Labute approximate surface area is 115 Å². The number of esters is 1. The average molecular weight is 281 g/mol. The largest absolute Gasteiger partial charge is 0.492 e. The Balaban J connectivity index is 2.91. The predicted molar refractivity (Wildman–Crippen MR) is 69.8 cm³/mol. The van der Waals surface area contributed by atoms with Gasteiger partial charge in [-0.2, -0.15) is 0 Å². The van der Waals surface area contributed by atoms with Crippen LogP contribution in [0.15, 0.2) is 18.2 Å². The highest BCUT2D eigenvalue weighted by molar-refractivity contribution is 5.81. The molecule has 0 radical (unpaired) electrons. The molecule has 0 aromatic heterocycles. The van der Waals surface area contributed by atoms with Crippen molar-refractivity contribution in [2.45, 2.75) is 13.8 Å². The molecule has 20 heavy (non-hydrogen) atoms. The lowest BCUT2D eigenvalue weighted by Crippen LogP contribution is -2.32. The Kier molecular flexibility index (Phi) is 4.79. The number of carbonyl (C=O) groups excluding carboxylic acids is 2. The third-order valence-electron chi connectivity index (χ3n) is 2.66. The van der Waals surface area contributed by atoms with Crippen molar-refractivity contribution < 1.29 is 24.0 Å². The molecule has 1 aromatic rings. The molecule has 7 nitrogen and oxygen atoms in total. The third-order valence-corrected chi connectivity index (χ3v) is 2.66. The number of hydrogen-bond acceptors (Lipinski definition) is 6. The van der Waals surface area contributed by atoms with Crippen LogP contribution in [0.5, 0.6) is 5.75 Å². The van der Waals surface area contributed by atoms with Gasteiger partial charge in [-0.1, -0.05) is 0 Å². The van der Waals surface area contributed by atoms with Crippen molar-refractivity contribution >= 4 is 17.9 Å². The van der Waals surface area contributed by atoms with E-state index in [0.717, 1.165) is 6.07 Å². The summed E-state index contributed by atoms with van der Waals surface area (Å²) in [4.78, 5) is 32.4. The van der Waals surface area contributed by atoms with Crippen LogP contribution >= 0.6 is 0 Å². The number of non-ortho nitro benzene ring substituents is 1. The molecule has 0 aliphatic heterocycles. The van der Waals surface area contributed by atoms with Gasteiger partial charge in [-0.25, -0.2) is 0 Å². The molecular weight excluding hydrogens is 266 g/mol. The van der Waals surface area contributed by atoms with Gasteiger partial charge in [-0.05, 0) is 19.9 Å². The van der Waals surface area contributed by atoms with E-state index in [1.165, 1.54) is 19.2 Å². The van der Waals surface area contributed by atoms with Crippen LogP contribution in [0.3, 0.4) is 0 Å². The summed E-state index contributed by atoms with van der Waals surface area (Å²) in [5.41, 5.74) is -1.04. The van der Waals surface area contributed by atoms with Gasteiger partial charge in [-0.3, -0.25) is 19.7 Å². The van der Waals surface area contributed by atoms with Gasteiger partial charge in [0.1, 0.15) is 12.4 Å². The number of nitrogens with zero attached hydrogens (tertiary/aromatic N) is 1. The zero-order valence-electron chi connectivity index (χ0n) is 11.4. The molecule has 1 aromatic carbocycles. The standard InChI is InChI=1S/C13H15NO6/c1-13(2,12(16)19-3)8-20-11-5-4-10(14(17)18)6-9(11)7-15/h4-7H,8H2,1-3H3. The quantitative estimate of drug-likeness (QED) is 0.342. The van der Waals surface area contributed by atoms with E-state index in [9.17, 15) is 19.7 Å². The number of benzene rings is 1. The van der Waals surface area contributed by atoms with Crippen LogP contribution in [0.4, 0.5) is 5.69 Å². The highest BCUT2D eigenvalue weighted by atomic mass is 16.6. The summed E-state index contributed by atoms with van der Waals surface area (Å²) < 4.78 is 10.0. The lowest BCUT2D eigenvalue weighted by Gasteiger charge is -2.22. The van der Waals surface area contributed by atoms with Crippen molar-refractivity contribution in [1.29, 1.82) is 0 Å². The summed E-state index contributed by atoms with van der Waals surface area (Å²) in [5.74, 6) is -0.269. The van der Waals surface area contributed by atoms with Gasteiger partial charge in [0.25, 0.3) is 5.69 Å². The molecule has 0 aliphatic carbocycles. The fraction of sp³-hybridized carbons (Fsp3) is 0.385. The Bertz CT molecular complexity index is 538. The van der Waals surface area contributed by atoms with Crippen molar-refractivity contribution in [3.8, 4) is 5.75 Å². The lowest BCUT2D eigenvalue weighted by molar-refractivity contribution is -0.384. The molecule has 0 saturated heterocycles. The van der Waals surface area contributed by atoms with E-state index < -0.39 is 16.3 Å². The number of carbonyl (C=O) groups is 2. The molecule has 7 heteroatoms. The molecule has 1 rings (SSSR count). The first-order valence-corrected chi connectivity index (χ1v) is 5.76. The van der Waals surface area contributed by atoms with Gasteiger partial charge in [0.2, 0.25) is 0 Å². The Hall–Kier alpha value is -2.44. The number of ether oxygens (including phenoxy) is 2. The van der Waals surface area contributed by atoms with E-state index in [2.05, 4.69) is 4.74 Å². The topological polar surface area (TPSA) is 95.7 Å². The van der Waals surface area contributed by atoms with Crippen molar-refractivity contribution in [3.05, 3.63) is 33.9 Å². The predicted octanol–water partition coefficient (Wildman–Crippen LogP) is 1.99. The normalized spacial score (nSPS) is 10.8. The van der Waals surface area contributed by atoms with Gasteiger partial charge in [0.05, 0.1) is 23.0 Å². The molecule has 0 bridgehead atoms. The maximum atomic E-state index is 11.5. The van der Waals surface area contributed by atoms with Crippen molar-refractivity contribution in [1.82, 2.24) is 0 Å². The maximum Gasteiger partial charge on any atom is 0.314 e. The Morgan fingerprint density at radius 3 is 2.60 bits per heavy atom. The van der Waals surface area contributed by atoms with Crippen molar-refractivity contribution in [2.75, 3.05) is 13.7 Å². The van der Waals surface area contributed by atoms with Crippen LogP contribution in [-0.4, -0.2) is 30.9 Å². The fourth-order valence-corrected chi connectivity index (χ4v) is 1.47. The van der Waals surface area contributed by atoms with Crippen LogP contribution in [0, 0.1) is 15.5 Å². The molecule has 0 spiro atoms. The van der Waals surface area contributed by atoms with Crippen LogP contribution in [0.1, 0.15) is 24.2 Å². The average Bonchev–Trinajstić information content (AvgIpc) is 2.43. The first-order chi connectivity index (χ1) is 9.31. The Morgan fingerprint density at radius 2 is 2.10 bits per heavy atom. The molecule has 0 N–H and O–H groups in total. The van der Waals surface area contributed by atoms with Crippen LogP contribution in [0.2, 0.25) is 0 Å².